The van der Waals surface area contributed by atoms with E-state index in [2.05, 4.69) is 11.4 Å². The average molecular weight is 127 g/mol. The molecule has 9 heavy (non-hydrogen) atoms. The Balaban J connectivity index is 1.87. The molecule has 0 saturated carbocycles. The number of hydrogen-bond donors (Lipinski definition) is 1. The van der Waals surface area contributed by atoms with Gasteiger partial charge in [0, 0.05) is 0 Å². The molecular weight excluding hydrogens is 118 g/mol. The number of ether oxygens (including phenoxy) is 1. The Bertz CT molecular complexity index is 115. The van der Waals surface area contributed by atoms with Crippen LogP contribution >= 0.6 is 0 Å². The molecular formula is C6H9NO2. The van der Waals surface area contributed by atoms with Crippen LogP contribution in [0.1, 0.15) is 0 Å². The zero-order valence-electron chi connectivity index (χ0n) is 5.09. The standard InChI is InChI=1S/C6H9NO2/c1-2-3-9-7-6-4-8-5-6/h1,6-7H,3-5H2. The number of hydroxylamine groups is 1. The fourth-order valence-corrected chi connectivity index (χ4v) is 0.505. The van der Waals surface area contributed by atoms with Crippen molar-refractivity contribution < 1.29 is 9.57 Å². The second kappa shape index (κ2) is 3.46. The summed E-state index contributed by atoms with van der Waals surface area (Å²) in [5, 5.41) is 0. The van der Waals surface area contributed by atoms with E-state index in [9.17, 15) is 0 Å². The maximum atomic E-state index is 4.93. The summed E-state index contributed by atoms with van der Waals surface area (Å²) in [6.45, 7) is 1.77. The molecule has 0 aliphatic carbocycles. The molecule has 1 aliphatic rings. The van der Waals surface area contributed by atoms with Crippen molar-refractivity contribution in [2.75, 3.05) is 19.8 Å². The first kappa shape index (κ1) is 6.56. The van der Waals surface area contributed by atoms with Crippen LogP contribution in [0, 0.1) is 12.3 Å². The van der Waals surface area contributed by atoms with Crippen LogP contribution in [0.15, 0.2) is 0 Å². The lowest BCUT2D eigenvalue weighted by Crippen LogP contribution is -2.45. The Labute approximate surface area is 54.3 Å². The summed E-state index contributed by atoms with van der Waals surface area (Å²) in [5.41, 5.74) is 2.75. The third-order valence-corrected chi connectivity index (χ3v) is 1.04. The lowest BCUT2D eigenvalue weighted by atomic mass is 10.3. The molecule has 0 spiro atoms. The van der Waals surface area contributed by atoms with Crippen molar-refractivity contribution in [2.24, 2.45) is 0 Å². The summed E-state index contributed by atoms with van der Waals surface area (Å²) in [7, 11) is 0. The molecule has 0 radical (unpaired) electrons. The Hall–Kier alpha value is -0.560. The molecule has 0 aromatic rings. The second-order valence-corrected chi connectivity index (χ2v) is 1.85. The van der Waals surface area contributed by atoms with Gasteiger partial charge in [0.1, 0.15) is 6.61 Å². The molecule has 0 bridgehead atoms. The minimum atomic E-state index is 0.316. The van der Waals surface area contributed by atoms with E-state index in [1.54, 1.807) is 0 Å². The fraction of sp³-hybridized carbons (Fsp3) is 0.667. The van der Waals surface area contributed by atoms with Crippen molar-refractivity contribution in [3.05, 3.63) is 0 Å². The quantitative estimate of drug-likeness (QED) is 0.316. The summed E-state index contributed by atoms with van der Waals surface area (Å²) < 4.78 is 4.87. The van der Waals surface area contributed by atoms with Gasteiger partial charge in [-0.1, -0.05) is 5.92 Å². The Morgan fingerprint density at radius 1 is 1.78 bits per heavy atom. The van der Waals surface area contributed by atoms with E-state index in [1.165, 1.54) is 0 Å². The van der Waals surface area contributed by atoms with Gasteiger partial charge in [-0.05, 0) is 0 Å². The molecule has 0 atom stereocenters. The first-order valence-electron chi connectivity index (χ1n) is 2.82. The maximum Gasteiger partial charge on any atom is 0.128 e. The van der Waals surface area contributed by atoms with Crippen molar-refractivity contribution in [3.63, 3.8) is 0 Å². The van der Waals surface area contributed by atoms with E-state index in [4.69, 9.17) is 16.0 Å². The SMILES string of the molecule is C#CCONC1COC1. The number of terminal acetylenes is 1. The molecule has 3 heteroatoms. The van der Waals surface area contributed by atoms with Gasteiger partial charge in [-0.2, -0.15) is 5.48 Å². The van der Waals surface area contributed by atoms with Gasteiger partial charge in [0.25, 0.3) is 0 Å². The van der Waals surface area contributed by atoms with Gasteiger partial charge in [-0.25, -0.2) is 0 Å². The topological polar surface area (TPSA) is 30.5 Å². The largest absolute Gasteiger partial charge is 0.378 e. The Kier molecular flexibility index (Phi) is 2.52. The van der Waals surface area contributed by atoms with Gasteiger partial charge in [-0.3, -0.25) is 4.84 Å². The molecule has 3 nitrogen and oxygen atoms in total. The van der Waals surface area contributed by atoms with E-state index >= 15 is 0 Å². The Morgan fingerprint density at radius 3 is 3.00 bits per heavy atom. The van der Waals surface area contributed by atoms with Crippen LogP contribution in [-0.4, -0.2) is 25.9 Å². The van der Waals surface area contributed by atoms with E-state index in [0.29, 0.717) is 12.6 Å². The predicted molar refractivity (Wildman–Crippen MR) is 32.5 cm³/mol. The minimum absolute atomic E-state index is 0.316. The number of nitrogens with one attached hydrogen (secondary N) is 1. The summed E-state index contributed by atoms with van der Waals surface area (Å²) in [4.78, 5) is 4.82. The van der Waals surface area contributed by atoms with Crippen LogP contribution in [0.2, 0.25) is 0 Å². The molecule has 50 valence electrons. The van der Waals surface area contributed by atoms with Gasteiger partial charge in [0.2, 0.25) is 0 Å². The smallest absolute Gasteiger partial charge is 0.128 e. The monoisotopic (exact) mass is 127 g/mol. The van der Waals surface area contributed by atoms with Crippen LogP contribution in [0.4, 0.5) is 0 Å². The molecule has 0 amide bonds. The van der Waals surface area contributed by atoms with Crippen molar-refractivity contribution in [2.45, 2.75) is 6.04 Å². The zero-order chi connectivity index (χ0) is 6.53. The average Bonchev–Trinajstić information content (AvgIpc) is 1.76. The van der Waals surface area contributed by atoms with Gasteiger partial charge < -0.3 is 4.74 Å². The highest BCUT2D eigenvalue weighted by Gasteiger charge is 2.17. The van der Waals surface area contributed by atoms with E-state index in [-0.39, 0.29) is 0 Å². The molecule has 0 aromatic heterocycles. The van der Waals surface area contributed by atoms with Gasteiger partial charge in [0.15, 0.2) is 0 Å². The van der Waals surface area contributed by atoms with Crippen LogP contribution in [0.25, 0.3) is 0 Å². The Morgan fingerprint density at radius 2 is 2.56 bits per heavy atom. The highest BCUT2D eigenvalue weighted by Crippen LogP contribution is 1.98. The lowest BCUT2D eigenvalue weighted by Gasteiger charge is -2.25. The molecule has 1 saturated heterocycles. The van der Waals surface area contributed by atoms with Gasteiger partial charge in [0.05, 0.1) is 19.3 Å². The van der Waals surface area contributed by atoms with Crippen molar-refractivity contribution in [1.29, 1.82) is 0 Å². The molecule has 1 fully saturated rings. The van der Waals surface area contributed by atoms with Crippen molar-refractivity contribution in [3.8, 4) is 12.3 Å². The number of hydrogen-bond acceptors (Lipinski definition) is 3. The molecule has 1 rings (SSSR count). The molecule has 1 aliphatic heterocycles. The molecule has 1 heterocycles. The van der Waals surface area contributed by atoms with E-state index < -0.39 is 0 Å². The van der Waals surface area contributed by atoms with Gasteiger partial charge >= 0.3 is 0 Å². The lowest BCUT2D eigenvalue weighted by molar-refractivity contribution is -0.0811. The highest BCUT2D eigenvalue weighted by atomic mass is 16.7. The number of rotatable bonds is 3. The summed E-state index contributed by atoms with van der Waals surface area (Å²) in [6, 6.07) is 0.346. The van der Waals surface area contributed by atoms with Gasteiger partial charge in [-0.15, -0.1) is 6.42 Å². The van der Waals surface area contributed by atoms with Crippen molar-refractivity contribution >= 4 is 0 Å². The van der Waals surface area contributed by atoms with Crippen molar-refractivity contribution in [1.82, 2.24) is 5.48 Å². The minimum Gasteiger partial charge on any atom is -0.378 e. The predicted octanol–water partition coefficient (Wildman–Crippen LogP) is -0.460. The summed E-state index contributed by atoms with van der Waals surface area (Å²) in [5.74, 6) is 2.35. The zero-order valence-corrected chi connectivity index (χ0v) is 5.09. The third-order valence-electron chi connectivity index (χ3n) is 1.04. The van der Waals surface area contributed by atoms with Crippen LogP contribution in [0.3, 0.4) is 0 Å². The first-order valence-corrected chi connectivity index (χ1v) is 2.82. The second-order valence-electron chi connectivity index (χ2n) is 1.85. The fourth-order valence-electron chi connectivity index (χ4n) is 0.505. The van der Waals surface area contributed by atoms with Crippen LogP contribution in [0.5, 0.6) is 0 Å². The molecule has 1 N–H and O–H groups in total. The summed E-state index contributed by atoms with van der Waals surface area (Å²) >= 11 is 0. The van der Waals surface area contributed by atoms with E-state index in [1.807, 2.05) is 0 Å². The highest BCUT2D eigenvalue weighted by molar-refractivity contribution is 4.82. The molecule has 0 aromatic carbocycles. The third kappa shape index (κ3) is 2.02. The summed E-state index contributed by atoms with van der Waals surface area (Å²) in [6.07, 6.45) is 4.93. The first-order chi connectivity index (χ1) is 4.43. The normalized spacial score (nSPS) is 18.6. The van der Waals surface area contributed by atoms with Crippen LogP contribution < -0.4 is 5.48 Å². The maximum absolute atomic E-state index is 4.93. The molecule has 0 unspecified atom stereocenters. The van der Waals surface area contributed by atoms with E-state index in [0.717, 1.165) is 13.2 Å². The van der Waals surface area contributed by atoms with Crippen LogP contribution in [-0.2, 0) is 9.57 Å².